The molecule has 1 heterocycles. The zero-order valence-electron chi connectivity index (χ0n) is 11.0. The molecule has 1 aromatic heterocycles. The van der Waals surface area contributed by atoms with Crippen LogP contribution >= 0.6 is 11.6 Å². The number of nitro benzene ring substituents is 1. The highest BCUT2D eigenvalue weighted by Crippen LogP contribution is 2.21. The summed E-state index contributed by atoms with van der Waals surface area (Å²) in [5.74, 6) is 0. The predicted octanol–water partition coefficient (Wildman–Crippen LogP) is 3.24. The Morgan fingerprint density at radius 2 is 2.05 bits per heavy atom. The molecule has 20 heavy (non-hydrogen) atoms. The number of benzene rings is 1. The molecule has 0 amide bonds. The molecule has 6 heteroatoms. The van der Waals surface area contributed by atoms with E-state index in [0.29, 0.717) is 23.7 Å². The topological polar surface area (TPSA) is 68.1 Å². The Balaban J connectivity index is 2.03. The van der Waals surface area contributed by atoms with Gasteiger partial charge in [0.05, 0.1) is 9.95 Å². The zero-order valence-corrected chi connectivity index (χ0v) is 11.7. The Bertz CT molecular complexity index is 632. The number of halogens is 1. The maximum absolute atomic E-state index is 10.9. The van der Waals surface area contributed by atoms with Gasteiger partial charge in [0, 0.05) is 37.1 Å². The molecule has 0 radical (unpaired) electrons. The maximum Gasteiger partial charge on any atom is 0.272 e. The lowest BCUT2D eigenvalue weighted by Gasteiger charge is -2.09. The molecule has 0 fully saturated rings. The second kappa shape index (κ2) is 6.45. The third-order valence-corrected chi connectivity index (χ3v) is 3.44. The van der Waals surface area contributed by atoms with Crippen molar-refractivity contribution < 1.29 is 4.92 Å². The summed E-state index contributed by atoms with van der Waals surface area (Å²) in [4.78, 5) is 14.4. The minimum absolute atomic E-state index is 0.145. The number of aromatic nitrogens is 1. The Hall–Kier alpha value is -1.98. The molecule has 0 aliphatic heterocycles. The van der Waals surface area contributed by atoms with E-state index in [1.807, 2.05) is 12.1 Å². The van der Waals surface area contributed by atoms with Crippen LogP contribution in [0.15, 0.2) is 36.7 Å². The minimum atomic E-state index is -0.363. The summed E-state index contributed by atoms with van der Waals surface area (Å²) >= 11 is 6.01. The van der Waals surface area contributed by atoms with Crippen LogP contribution in [-0.4, -0.2) is 9.91 Å². The van der Waals surface area contributed by atoms with E-state index in [9.17, 15) is 10.1 Å². The molecule has 1 N–H and O–H groups in total. The van der Waals surface area contributed by atoms with Gasteiger partial charge in [-0.05, 0) is 24.1 Å². The monoisotopic (exact) mass is 291 g/mol. The van der Waals surface area contributed by atoms with Crippen molar-refractivity contribution in [3.63, 3.8) is 0 Å². The first-order valence-electron chi connectivity index (χ1n) is 6.11. The fourth-order valence-corrected chi connectivity index (χ4v) is 2.12. The fraction of sp³-hybridized carbons (Fsp3) is 0.214. The van der Waals surface area contributed by atoms with Crippen LogP contribution in [0.4, 0.5) is 5.69 Å². The van der Waals surface area contributed by atoms with E-state index in [1.165, 1.54) is 6.07 Å². The third kappa shape index (κ3) is 3.31. The van der Waals surface area contributed by atoms with Crippen LogP contribution in [0.2, 0.25) is 5.02 Å². The normalized spacial score (nSPS) is 10.5. The van der Waals surface area contributed by atoms with Gasteiger partial charge in [-0.1, -0.05) is 23.7 Å². The van der Waals surface area contributed by atoms with Gasteiger partial charge in [0.1, 0.15) is 0 Å². The molecule has 5 nitrogen and oxygen atoms in total. The number of nitro groups is 1. The van der Waals surface area contributed by atoms with Gasteiger partial charge < -0.3 is 5.32 Å². The standard InChI is InChI=1S/C14H14ClN3O2/c1-10-11(3-2-4-14(10)18(19)20)7-17-8-12-5-6-16-9-13(12)15/h2-6,9,17H,7-8H2,1H3. The predicted molar refractivity (Wildman–Crippen MR) is 77.6 cm³/mol. The van der Waals surface area contributed by atoms with Crippen molar-refractivity contribution in [1.82, 2.24) is 10.3 Å². The molecule has 0 aliphatic carbocycles. The number of nitrogens with one attached hydrogen (secondary N) is 1. The summed E-state index contributed by atoms with van der Waals surface area (Å²) < 4.78 is 0. The quantitative estimate of drug-likeness (QED) is 0.678. The van der Waals surface area contributed by atoms with Crippen LogP contribution in [0.5, 0.6) is 0 Å². The van der Waals surface area contributed by atoms with Gasteiger partial charge >= 0.3 is 0 Å². The van der Waals surface area contributed by atoms with Crippen molar-refractivity contribution in [2.45, 2.75) is 20.0 Å². The largest absolute Gasteiger partial charge is 0.309 e. The van der Waals surface area contributed by atoms with E-state index < -0.39 is 0 Å². The molecule has 1 aromatic carbocycles. The number of hydrogen-bond donors (Lipinski definition) is 1. The van der Waals surface area contributed by atoms with E-state index in [2.05, 4.69) is 10.3 Å². The average Bonchev–Trinajstić information content (AvgIpc) is 2.42. The molecule has 104 valence electrons. The van der Waals surface area contributed by atoms with E-state index >= 15 is 0 Å². The smallest absolute Gasteiger partial charge is 0.272 e. The van der Waals surface area contributed by atoms with Crippen molar-refractivity contribution >= 4 is 17.3 Å². The Labute approximate surface area is 121 Å². The fourth-order valence-electron chi connectivity index (χ4n) is 1.94. The van der Waals surface area contributed by atoms with Crippen LogP contribution in [0.3, 0.4) is 0 Å². The molecule has 0 bridgehead atoms. The van der Waals surface area contributed by atoms with E-state index in [4.69, 9.17) is 11.6 Å². The Kier molecular flexibility index (Phi) is 4.65. The van der Waals surface area contributed by atoms with Crippen LogP contribution in [0, 0.1) is 17.0 Å². The molecule has 0 atom stereocenters. The Morgan fingerprint density at radius 1 is 1.30 bits per heavy atom. The van der Waals surface area contributed by atoms with Crippen molar-refractivity contribution in [1.29, 1.82) is 0 Å². The van der Waals surface area contributed by atoms with Crippen LogP contribution in [-0.2, 0) is 13.1 Å². The van der Waals surface area contributed by atoms with Gasteiger partial charge in [0.25, 0.3) is 5.69 Å². The first kappa shape index (κ1) is 14.4. The van der Waals surface area contributed by atoms with E-state index in [-0.39, 0.29) is 10.6 Å². The first-order chi connectivity index (χ1) is 9.59. The second-order valence-corrected chi connectivity index (χ2v) is 4.80. The molecular formula is C14H14ClN3O2. The van der Waals surface area contributed by atoms with Crippen molar-refractivity contribution in [2.24, 2.45) is 0 Å². The van der Waals surface area contributed by atoms with Crippen LogP contribution in [0.1, 0.15) is 16.7 Å². The van der Waals surface area contributed by atoms with Gasteiger partial charge in [0.2, 0.25) is 0 Å². The average molecular weight is 292 g/mol. The van der Waals surface area contributed by atoms with E-state index in [0.717, 1.165) is 11.1 Å². The molecule has 0 saturated carbocycles. The molecule has 0 spiro atoms. The van der Waals surface area contributed by atoms with Gasteiger partial charge in [-0.15, -0.1) is 0 Å². The summed E-state index contributed by atoms with van der Waals surface area (Å²) in [7, 11) is 0. The molecule has 0 aliphatic rings. The maximum atomic E-state index is 10.9. The molecular weight excluding hydrogens is 278 g/mol. The van der Waals surface area contributed by atoms with Gasteiger partial charge in [0.15, 0.2) is 0 Å². The summed E-state index contributed by atoms with van der Waals surface area (Å²) in [5.41, 5.74) is 2.69. The zero-order chi connectivity index (χ0) is 14.5. The third-order valence-electron chi connectivity index (χ3n) is 3.10. The van der Waals surface area contributed by atoms with Crippen molar-refractivity contribution in [3.8, 4) is 0 Å². The number of hydrogen-bond acceptors (Lipinski definition) is 4. The highest BCUT2D eigenvalue weighted by atomic mass is 35.5. The SMILES string of the molecule is Cc1c(CNCc2ccncc2Cl)cccc1[N+](=O)[O-]. The summed E-state index contributed by atoms with van der Waals surface area (Å²) in [6.45, 7) is 2.89. The highest BCUT2D eigenvalue weighted by molar-refractivity contribution is 6.31. The van der Waals surface area contributed by atoms with Crippen molar-refractivity contribution in [2.75, 3.05) is 0 Å². The summed E-state index contributed by atoms with van der Waals surface area (Å²) in [6, 6.07) is 6.93. The lowest BCUT2D eigenvalue weighted by atomic mass is 10.1. The molecule has 0 saturated heterocycles. The molecule has 2 aromatic rings. The summed E-state index contributed by atoms with van der Waals surface area (Å²) in [6.07, 6.45) is 3.28. The van der Waals surface area contributed by atoms with Crippen LogP contribution < -0.4 is 5.32 Å². The lowest BCUT2D eigenvalue weighted by molar-refractivity contribution is -0.385. The first-order valence-corrected chi connectivity index (χ1v) is 6.49. The van der Waals surface area contributed by atoms with Gasteiger partial charge in [-0.3, -0.25) is 15.1 Å². The van der Waals surface area contributed by atoms with Gasteiger partial charge in [-0.25, -0.2) is 0 Å². The molecule has 0 unspecified atom stereocenters. The number of pyridine rings is 1. The molecule has 2 rings (SSSR count). The number of nitrogens with zero attached hydrogens (tertiary/aromatic N) is 2. The Morgan fingerprint density at radius 3 is 2.75 bits per heavy atom. The summed E-state index contributed by atoms with van der Waals surface area (Å²) in [5, 5.41) is 14.7. The number of rotatable bonds is 5. The lowest BCUT2D eigenvalue weighted by Crippen LogP contribution is -2.14. The van der Waals surface area contributed by atoms with Crippen molar-refractivity contribution in [3.05, 3.63) is 68.5 Å². The minimum Gasteiger partial charge on any atom is -0.309 e. The van der Waals surface area contributed by atoms with Crippen LogP contribution in [0.25, 0.3) is 0 Å². The van der Waals surface area contributed by atoms with E-state index in [1.54, 1.807) is 25.4 Å². The second-order valence-electron chi connectivity index (χ2n) is 4.39. The highest BCUT2D eigenvalue weighted by Gasteiger charge is 2.12. The van der Waals surface area contributed by atoms with Gasteiger partial charge in [-0.2, -0.15) is 0 Å².